The van der Waals surface area contributed by atoms with Gasteiger partial charge in [-0.2, -0.15) is 0 Å². The van der Waals surface area contributed by atoms with E-state index in [0.717, 1.165) is 29.1 Å². The molecule has 1 aromatic rings. The number of nitrogens with zero attached hydrogens (tertiary/aromatic N) is 2. The molecule has 0 aliphatic carbocycles. The second-order valence-corrected chi connectivity index (χ2v) is 6.33. The molecule has 5 nitrogen and oxygen atoms in total. The maximum Gasteiger partial charge on any atom is 0.243 e. The van der Waals surface area contributed by atoms with E-state index in [-0.39, 0.29) is 17.9 Å². The Balaban J connectivity index is 1.93. The molecule has 2 heterocycles. The molecule has 0 radical (unpaired) electrons. The van der Waals surface area contributed by atoms with Crippen LogP contribution < -0.4 is 5.32 Å². The number of carbonyl (C=O) groups excluding carboxylic acids is 2. The number of likely N-dealkylation sites (tertiary alicyclic amines) is 1. The molecule has 2 rings (SSSR count). The normalized spacial score (nSPS) is 18.9. The SMILES string of the molecule is CCC(=O)N1CCCCC1C(=O)NCc1cnc(C)s1. The molecule has 0 aromatic carbocycles. The summed E-state index contributed by atoms with van der Waals surface area (Å²) in [5.74, 6) is 0.0241. The molecule has 1 atom stereocenters. The summed E-state index contributed by atoms with van der Waals surface area (Å²) in [4.78, 5) is 31.1. The van der Waals surface area contributed by atoms with E-state index in [2.05, 4.69) is 10.3 Å². The average molecular weight is 295 g/mol. The molecule has 0 spiro atoms. The van der Waals surface area contributed by atoms with Gasteiger partial charge in [0.1, 0.15) is 6.04 Å². The summed E-state index contributed by atoms with van der Waals surface area (Å²) >= 11 is 1.58. The molecule has 0 saturated carbocycles. The van der Waals surface area contributed by atoms with E-state index in [4.69, 9.17) is 0 Å². The van der Waals surface area contributed by atoms with Gasteiger partial charge in [0.25, 0.3) is 0 Å². The van der Waals surface area contributed by atoms with Gasteiger partial charge in [0, 0.05) is 24.0 Å². The number of aryl methyl sites for hydroxylation is 1. The van der Waals surface area contributed by atoms with Gasteiger partial charge in [0.15, 0.2) is 0 Å². The quantitative estimate of drug-likeness (QED) is 0.922. The van der Waals surface area contributed by atoms with Crippen molar-refractivity contribution in [1.82, 2.24) is 15.2 Å². The summed E-state index contributed by atoms with van der Waals surface area (Å²) in [6.07, 6.45) is 5.00. The molecule has 6 heteroatoms. The number of nitrogens with one attached hydrogen (secondary N) is 1. The number of amides is 2. The Morgan fingerprint density at radius 2 is 2.30 bits per heavy atom. The Bertz CT molecular complexity index is 487. The van der Waals surface area contributed by atoms with Gasteiger partial charge >= 0.3 is 0 Å². The van der Waals surface area contributed by atoms with Crippen LogP contribution in [0.2, 0.25) is 0 Å². The van der Waals surface area contributed by atoms with Crippen molar-refractivity contribution in [3.63, 3.8) is 0 Å². The van der Waals surface area contributed by atoms with Crippen molar-refractivity contribution in [2.45, 2.75) is 52.1 Å². The zero-order valence-corrected chi connectivity index (χ0v) is 12.8. The Kier molecular flexibility index (Phi) is 5.11. The number of aromatic nitrogens is 1. The first kappa shape index (κ1) is 15.0. The third kappa shape index (κ3) is 3.56. The van der Waals surface area contributed by atoms with Crippen molar-refractivity contribution in [1.29, 1.82) is 0 Å². The summed E-state index contributed by atoms with van der Waals surface area (Å²) in [5.41, 5.74) is 0. The van der Waals surface area contributed by atoms with Crippen LogP contribution in [0, 0.1) is 6.92 Å². The highest BCUT2D eigenvalue weighted by molar-refractivity contribution is 7.11. The predicted octanol–water partition coefficient (Wildman–Crippen LogP) is 1.86. The van der Waals surface area contributed by atoms with Crippen LogP contribution in [-0.2, 0) is 16.1 Å². The standard InChI is InChI=1S/C14H21N3O2S/c1-3-13(18)17-7-5-4-6-12(17)14(19)16-9-11-8-15-10(2)20-11/h8,12H,3-7,9H2,1-2H3,(H,16,19). The molecule has 2 amide bonds. The van der Waals surface area contributed by atoms with Crippen LogP contribution >= 0.6 is 11.3 Å². The zero-order valence-electron chi connectivity index (χ0n) is 12.0. The minimum Gasteiger partial charge on any atom is -0.349 e. The van der Waals surface area contributed by atoms with E-state index < -0.39 is 0 Å². The van der Waals surface area contributed by atoms with Crippen LogP contribution in [0.1, 0.15) is 42.5 Å². The molecular formula is C14H21N3O2S. The monoisotopic (exact) mass is 295 g/mol. The maximum absolute atomic E-state index is 12.3. The molecule has 1 aromatic heterocycles. The topological polar surface area (TPSA) is 62.3 Å². The van der Waals surface area contributed by atoms with Crippen molar-refractivity contribution in [2.75, 3.05) is 6.54 Å². The highest BCUT2D eigenvalue weighted by Gasteiger charge is 2.30. The van der Waals surface area contributed by atoms with Crippen LogP contribution in [0.15, 0.2) is 6.20 Å². The highest BCUT2D eigenvalue weighted by atomic mass is 32.1. The van der Waals surface area contributed by atoms with Crippen LogP contribution in [0.4, 0.5) is 0 Å². The third-order valence-electron chi connectivity index (χ3n) is 3.53. The Morgan fingerprint density at radius 3 is 2.95 bits per heavy atom. The lowest BCUT2D eigenvalue weighted by Gasteiger charge is -2.34. The van der Waals surface area contributed by atoms with Gasteiger partial charge in [0.05, 0.1) is 11.6 Å². The molecule has 1 aliphatic heterocycles. The smallest absolute Gasteiger partial charge is 0.243 e. The number of piperidine rings is 1. The zero-order chi connectivity index (χ0) is 14.5. The molecule has 0 bridgehead atoms. The second-order valence-electron chi connectivity index (χ2n) is 5.02. The number of carbonyl (C=O) groups is 2. The summed E-state index contributed by atoms with van der Waals surface area (Å²) < 4.78 is 0. The van der Waals surface area contributed by atoms with E-state index >= 15 is 0 Å². The van der Waals surface area contributed by atoms with Gasteiger partial charge in [0.2, 0.25) is 11.8 Å². The van der Waals surface area contributed by atoms with Crippen molar-refractivity contribution in [3.8, 4) is 0 Å². The van der Waals surface area contributed by atoms with Gasteiger partial charge in [-0.25, -0.2) is 4.98 Å². The highest BCUT2D eigenvalue weighted by Crippen LogP contribution is 2.18. The first-order valence-electron chi connectivity index (χ1n) is 7.10. The molecule has 1 aliphatic rings. The fourth-order valence-corrected chi connectivity index (χ4v) is 3.22. The summed E-state index contributed by atoms with van der Waals surface area (Å²) in [6.45, 7) is 4.98. The van der Waals surface area contributed by atoms with E-state index in [1.54, 1.807) is 22.4 Å². The molecule has 110 valence electrons. The largest absolute Gasteiger partial charge is 0.349 e. The molecule has 1 saturated heterocycles. The Morgan fingerprint density at radius 1 is 1.50 bits per heavy atom. The lowest BCUT2D eigenvalue weighted by atomic mass is 10.0. The fourth-order valence-electron chi connectivity index (χ4n) is 2.48. The third-order valence-corrected chi connectivity index (χ3v) is 4.45. The summed E-state index contributed by atoms with van der Waals surface area (Å²) in [6, 6.07) is -0.301. The minimum absolute atomic E-state index is 0.0439. The summed E-state index contributed by atoms with van der Waals surface area (Å²) in [5, 5.41) is 3.92. The van der Waals surface area contributed by atoms with Crippen molar-refractivity contribution in [3.05, 3.63) is 16.1 Å². The molecule has 1 N–H and O–H groups in total. The van der Waals surface area contributed by atoms with Gasteiger partial charge in [-0.15, -0.1) is 11.3 Å². The number of hydrogen-bond acceptors (Lipinski definition) is 4. The predicted molar refractivity (Wildman–Crippen MR) is 78.3 cm³/mol. The van der Waals surface area contributed by atoms with Gasteiger partial charge in [-0.1, -0.05) is 6.92 Å². The Hall–Kier alpha value is -1.43. The van der Waals surface area contributed by atoms with E-state index in [1.807, 2.05) is 13.8 Å². The van der Waals surface area contributed by atoms with Gasteiger partial charge < -0.3 is 10.2 Å². The van der Waals surface area contributed by atoms with Gasteiger partial charge in [-0.3, -0.25) is 9.59 Å². The second kappa shape index (κ2) is 6.83. The van der Waals surface area contributed by atoms with Crippen LogP contribution in [0.3, 0.4) is 0 Å². The van der Waals surface area contributed by atoms with Gasteiger partial charge in [-0.05, 0) is 26.2 Å². The van der Waals surface area contributed by atoms with Crippen LogP contribution in [0.5, 0.6) is 0 Å². The number of rotatable bonds is 4. The fraction of sp³-hybridized carbons (Fsp3) is 0.643. The van der Waals surface area contributed by atoms with Crippen molar-refractivity contribution >= 4 is 23.2 Å². The maximum atomic E-state index is 12.3. The first-order chi connectivity index (χ1) is 9.61. The lowest BCUT2D eigenvalue weighted by Crippen LogP contribution is -2.51. The molecule has 20 heavy (non-hydrogen) atoms. The van der Waals surface area contributed by atoms with Crippen molar-refractivity contribution < 1.29 is 9.59 Å². The first-order valence-corrected chi connectivity index (χ1v) is 7.92. The van der Waals surface area contributed by atoms with E-state index in [9.17, 15) is 9.59 Å². The average Bonchev–Trinajstić information content (AvgIpc) is 2.89. The van der Waals surface area contributed by atoms with E-state index in [1.165, 1.54) is 0 Å². The lowest BCUT2D eigenvalue weighted by molar-refractivity contribution is -0.142. The molecule has 1 unspecified atom stereocenters. The molecule has 1 fully saturated rings. The Labute approximate surface area is 123 Å². The van der Waals surface area contributed by atoms with Crippen LogP contribution in [-0.4, -0.2) is 34.3 Å². The minimum atomic E-state index is -0.301. The van der Waals surface area contributed by atoms with Crippen molar-refractivity contribution in [2.24, 2.45) is 0 Å². The summed E-state index contributed by atoms with van der Waals surface area (Å²) in [7, 11) is 0. The number of thiazole rings is 1. The van der Waals surface area contributed by atoms with Crippen LogP contribution in [0.25, 0.3) is 0 Å². The number of hydrogen-bond donors (Lipinski definition) is 1. The van der Waals surface area contributed by atoms with E-state index in [0.29, 0.717) is 19.5 Å². The molecular weight excluding hydrogens is 274 g/mol.